The highest BCUT2D eigenvalue weighted by atomic mass is 35.5. The molecule has 1 aromatic rings. The van der Waals surface area contributed by atoms with E-state index in [0.717, 1.165) is 25.7 Å². The molecule has 1 aliphatic heterocycles. The maximum Gasteiger partial charge on any atom is 0.257 e. The van der Waals surface area contributed by atoms with Crippen molar-refractivity contribution in [3.05, 3.63) is 29.6 Å². The normalized spacial score (nSPS) is 18.9. The monoisotopic (exact) mass is 299 g/mol. The van der Waals surface area contributed by atoms with Crippen LogP contribution in [0.5, 0.6) is 5.75 Å². The predicted octanol–water partition coefficient (Wildman–Crippen LogP) is 3.46. The molecule has 1 aliphatic rings. The summed E-state index contributed by atoms with van der Waals surface area (Å²) in [7, 11) is 1.47. The van der Waals surface area contributed by atoms with Gasteiger partial charge in [-0.3, -0.25) is 4.79 Å². The van der Waals surface area contributed by atoms with Crippen LogP contribution in [0.1, 0.15) is 36.0 Å². The largest absolute Gasteiger partial charge is 0.497 e. The van der Waals surface area contributed by atoms with Crippen LogP contribution in [0.25, 0.3) is 0 Å². The lowest BCUT2D eigenvalue weighted by molar-refractivity contribution is 0.0604. The third kappa shape index (κ3) is 3.23. The van der Waals surface area contributed by atoms with Crippen molar-refractivity contribution in [1.82, 2.24) is 4.90 Å². The number of alkyl halides is 1. The number of methoxy groups -OCH3 is 1. The number of amides is 1. The minimum atomic E-state index is -0.537. The average molecular weight is 300 g/mol. The average Bonchev–Trinajstić information content (AvgIpc) is 2.47. The Kier molecular flexibility index (Phi) is 5.24. The van der Waals surface area contributed by atoms with Crippen LogP contribution in [-0.4, -0.2) is 36.4 Å². The lowest BCUT2D eigenvalue weighted by Gasteiger charge is -2.35. The Morgan fingerprint density at radius 3 is 2.95 bits per heavy atom. The van der Waals surface area contributed by atoms with Crippen LogP contribution in [0.3, 0.4) is 0 Å². The van der Waals surface area contributed by atoms with Crippen molar-refractivity contribution in [2.24, 2.45) is 0 Å². The molecule has 0 spiro atoms. The lowest BCUT2D eigenvalue weighted by atomic mass is 9.98. The van der Waals surface area contributed by atoms with Gasteiger partial charge < -0.3 is 9.64 Å². The molecule has 1 heterocycles. The maximum atomic E-state index is 14.0. The van der Waals surface area contributed by atoms with Gasteiger partial charge >= 0.3 is 0 Å². The smallest absolute Gasteiger partial charge is 0.257 e. The first-order chi connectivity index (χ1) is 9.67. The summed E-state index contributed by atoms with van der Waals surface area (Å²) >= 11 is 5.79. The Bertz CT molecular complexity index is 479. The quantitative estimate of drug-likeness (QED) is 0.797. The number of halogens is 2. The molecule has 0 radical (unpaired) electrons. The predicted molar refractivity (Wildman–Crippen MR) is 77.0 cm³/mol. The zero-order valence-electron chi connectivity index (χ0n) is 11.6. The number of hydrogen-bond acceptors (Lipinski definition) is 2. The molecule has 0 saturated carbocycles. The molecule has 110 valence electrons. The Labute approximate surface area is 123 Å². The molecule has 1 fully saturated rings. The number of likely N-dealkylation sites (tertiary alicyclic amines) is 1. The van der Waals surface area contributed by atoms with E-state index in [4.69, 9.17) is 16.3 Å². The topological polar surface area (TPSA) is 29.5 Å². The van der Waals surface area contributed by atoms with Crippen LogP contribution in [0.4, 0.5) is 4.39 Å². The number of nitrogens with zero attached hydrogens (tertiary/aromatic N) is 1. The van der Waals surface area contributed by atoms with Crippen molar-refractivity contribution in [3.63, 3.8) is 0 Å². The Morgan fingerprint density at radius 1 is 1.50 bits per heavy atom. The second kappa shape index (κ2) is 6.93. The van der Waals surface area contributed by atoms with E-state index >= 15 is 0 Å². The summed E-state index contributed by atoms with van der Waals surface area (Å²) in [5.41, 5.74) is 0.104. The number of ether oxygens (including phenoxy) is 1. The third-order valence-electron chi connectivity index (χ3n) is 3.74. The summed E-state index contributed by atoms with van der Waals surface area (Å²) in [5.74, 6) is 0.138. The fourth-order valence-corrected chi connectivity index (χ4v) is 2.90. The van der Waals surface area contributed by atoms with Crippen LogP contribution >= 0.6 is 11.6 Å². The highest BCUT2D eigenvalue weighted by Crippen LogP contribution is 2.24. The van der Waals surface area contributed by atoms with Gasteiger partial charge in [-0.1, -0.05) is 0 Å². The van der Waals surface area contributed by atoms with Gasteiger partial charge in [0.1, 0.15) is 11.6 Å². The summed E-state index contributed by atoms with van der Waals surface area (Å²) in [5, 5.41) is 0. The van der Waals surface area contributed by atoms with Crippen molar-refractivity contribution < 1.29 is 13.9 Å². The van der Waals surface area contributed by atoms with Crippen LogP contribution in [0.15, 0.2) is 18.2 Å². The highest BCUT2D eigenvalue weighted by Gasteiger charge is 2.28. The first-order valence-corrected chi connectivity index (χ1v) is 7.41. The molecule has 1 unspecified atom stereocenters. The van der Waals surface area contributed by atoms with Gasteiger partial charge in [-0.15, -0.1) is 11.6 Å². The van der Waals surface area contributed by atoms with E-state index in [0.29, 0.717) is 18.2 Å². The number of carbonyl (C=O) groups excluding carboxylic acids is 1. The molecule has 0 aromatic heterocycles. The van der Waals surface area contributed by atoms with Gasteiger partial charge in [-0.2, -0.15) is 0 Å². The SMILES string of the molecule is COc1ccc(C(=O)N2CCCCC2CCCl)c(F)c1. The zero-order chi connectivity index (χ0) is 14.5. The van der Waals surface area contributed by atoms with Crippen LogP contribution in [-0.2, 0) is 0 Å². The van der Waals surface area contributed by atoms with Gasteiger partial charge in [0.2, 0.25) is 0 Å². The molecular weight excluding hydrogens is 281 g/mol. The first kappa shape index (κ1) is 15.1. The molecule has 1 amide bonds. The molecular formula is C15H19ClFNO2. The van der Waals surface area contributed by atoms with Gasteiger partial charge in [0.15, 0.2) is 0 Å². The molecule has 2 rings (SSSR count). The van der Waals surface area contributed by atoms with Gasteiger partial charge in [0.25, 0.3) is 5.91 Å². The number of rotatable bonds is 4. The summed E-state index contributed by atoms with van der Waals surface area (Å²) in [6.45, 7) is 0.672. The van der Waals surface area contributed by atoms with Crippen molar-refractivity contribution in [1.29, 1.82) is 0 Å². The van der Waals surface area contributed by atoms with E-state index in [2.05, 4.69) is 0 Å². The van der Waals surface area contributed by atoms with E-state index in [1.54, 1.807) is 11.0 Å². The number of hydrogen-bond donors (Lipinski definition) is 0. The van der Waals surface area contributed by atoms with Crippen molar-refractivity contribution in [2.75, 3.05) is 19.5 Å². The van der Waals surface area contributed by atoms with Gasteiger partial charge in [0, 0.05) is 24.5 Å². The third-order valence-corrected chi connectivity index (χ3v) is 3.96. The fourth-order valence-electron chi connectivity index (χ4n) is 2.64. The molecule has 1 saturated heterocycles. The Morgan fingerprint density at radius 2 is 2.30 bits per heavy atom. The molecule has 0 aliphatic carbocycles. The van der Waals surface area contributed by atoms with Gasteiger partial charge in [-0.25, -0.2) is 4.39 Å². The first-order valence-electron chi connectivity index (χ1n) is 6.88. The summed E-state index contributed by atoms with van der Waals surface area (Å²) in [4.78, 5) is 14.3. The molecule has 3 nitrogen and oxygen atoms in total. The molecule has 0 N–H and O–H groups in total. The number of carbonyl (C=O) groups is 1. The van der Waals surface area contributed by atoms with E-state index in [1.807, 2.05) is 0 Å². The molecule has 1 atom stereocenters. The lowest BCUT2D eigenvalue weighted by Crippen LogP contribution is -2.44. The van der Waals surface area contributed by atoms with Crippen molar-refractivity contribution in [2.45, 2.75) is 31.7 Å². The minimum Gasteiger partial charge on any atom is -0.497 e. The van der Waals surface area contributed by atoms with Crippen LogP contribution in [0.2, 0.25) is 0 Å². The van der Waals surface area contributed by atoms with Gasteiger partial charge in [0.05, 0.1) is 12.7 Å². The van der Waals surface area contributed by atoms with Crippen LogP contribution < -0.4 is 4.74 Å². The van der Waals surface area contributed by atoms with Crippen LogP contribution in [0, 0.1) is 5.82 Å². The second-order valence-electron chi connectivity index (χ2n) is 4.97. The minimum absolute atomic E-state index is 0.104. The van der Waals surface area contributed by atoms with E-state index in [9.17, 15) is 9.18 Å². The summed E-state index contributed by atoms with van der Waals surface area (Å²) in [6.07, 6.45) is 3.75. The van der Waals surface area contributed by atoms with Gasteiger partial charge in [-0.05, 0) is 37.8 Å². The van der Waals surface area contributed by atoms with E-state index in [1.165, 1.54) is 19.2 Å². The maximum absolute atomic E-state index is 14.0. The summed E-state index contributed by atoms with van der Waals surface area (Å²) in [6, 6.07) is 4.46. The molecule has 20 heavy (non-hydrogen) atoms. The Hall–Kier alpha value is -1.29. The Balaban J connectivity index is 2.20. The summed E-state index contributed by atoms with van der Waals surface area (Å²) < 4.78 is 19.0. The zero-order valence-corrected chi connectivity index (χ0v) is 12.3. The van der Waals surface area contributed by atoms with Crippen molar-refractivity contribution >= 4 is 17.5 Å². The van der Waals surface area contributed by atoms with E-state index in [-0.39, 0.29) is 17.5 Å². The van der Waals surface area contributed by atoms with E-state index < -0.39 is 5.82 Å². The fraction of sp³-hybridized carbons (Fsp3) is 0.533. The standard InChI is InChI=1S/C15H19ClFNO2/c1-20-12-5-6-13(14(17)10-12)15(19)18-9-3-2-4-11(18)7-8-16/h5-6,10-11H,2-4,7-9H2,1H3. The molecule has 0 bridgehead atoms. The second-order valence-corrected chi connectivity index (χ2v) is 5.35. The number of piperidine rings is 1. The van der Waals surface area contributed by atoms with Crippen molar-refractivity contribution in [3.8, 4) is 5.75 Å². The molecule has 1 aromatic carbocycles. The number of benzene rings is 1. The highest BCUT2D eigenvalue weighted by molar-refractivity contribution is 6.17. The molecule has 5 heteroatoms.